The molecule has 1 aromatic rings. The van der Waals surface area contributed by atoms with Crippen LogP contribution in [-0.4, -0.2) is 50.9 Å². The van der Waals surface area contributed by atoms with Gasteiger partial charge >= 0.3 is 0 Å². The Hall–Kier alpha value is -1.51. The first-order valence-corrected chi connectivity index (χ1v) is 11.1. The van der Waals surface area contributed by atoms with Gasteiger partial charge in [0.15, 0.2) is 0 Å². The fraction of sp³-hybridized carbons (Fsp3) is 0.632. The second-order valence-electron chi connectivity index (χ2n) is 7.06. The maximum Gasteiger partial charge on any atom is 0.244 e. The van der Waals surface area contributed by atoms with Gasteiger partial charge in [-0.3, -0.25) is 9.69 Å². The number of piperidine rings is 1. The molecular formula is C19H30FN3O3S. The minimum Gasteiger partial charge on any atom is -0.353 e. The highest BCUT2D eigenvalue weighted by Crippen LogP contribution is 2.17. The Labute approximate surface area is 161 Å². The number of rotatable bonds is 9. The van der Waals surface area contributed by atoms with E-state index in [1.807, 2.05) is 0 Å². The number of benzene rings is 1. The van der Waals surface area contributed by atoms with E-state index >= 15 is 0 Å². The lowest BCUT2D eigenvalue weighted by molar-refractivity contribution is -0.122. The molecule has 0 aliphatic carbocycles. The Kier molecular flexibility index (Phi) is 8.19. The normalized spacial score (nSPS) is 19.6. The molecule has 1 amide bonds. The molecule has 1 unspecified atom stereocenters. The molecule has 27 heavy (non-hydrogen) atoms. The molecule has 8 heteroatoms. The van der Waals surface area contributed by atoms with Gasteiger partial charge in [0.05, 0.1) is 6.04 Å². The van der Waals surface area contributed by atoms with E-state index in [-0.39, 0.29) is 6.04 Å². The summed E-state index contributed by atoms with van der Waals surface area (Å²) in [5.74, 6) is -1.25. The minimum absolute atomic E-state index is 0.282. The smallest absolute Gasteiger partial charge is 0.244 e. The number of sulfonamides is 1. The molecule has 152 valence electrons. The number of likely N-dealkylation sites (tertiary alicyclic amines) is 1. The highest BCUT2D eigenvalue weighted by Gasteiger charge is 2.26. The molecule has 1 aromatic carbocycles. The lowest BCUT2D eigenvalue weighted by atomic mass is 10.0. The van der Waals surface area contributed by atoms with Crippen LogP contribution in [-0.2, 0) is 14.8 Å². The van der Waals surface area contributed by atoms with Crippen molar-refractivity contribution in [2.24, 2.45) is 0 Å². The van der Waals surface area contributed by atoms with E-state index < -0.39 is 32.7 Å². The number of nitrogens with zero attached hydrogens (tertiary/aromatic N) is 1. The van der Waals surface area contributed by atoms with Crippen molar-refractivity contribution < 1.29 is 17.6 Å². The maximum atomic E-state index is 13.7. The number of carbonyl (C=O) groups is 1. The topological polar surface area (TPSA) is 78.5 Å². The fourth-order valence-electron chi connectivity index (χ4n) is 3.33. The van der Waals surface area contributed by atoms with Gasteiger partial charge in [0.1, 0.15) is 10.7 Å². The molecular weight excluding hydrogens is 369 g/mol. The monoisotopic (exact) mass is 399 g/mol. The van der Waals surface area contributed by atoms with Crippen molar-refractivity contribution in [3.8, 4) is 0 Å². The number of unbranched alkanes of at least 4 members (excludes halogenated alkanes) is 1. The standard InChI is InChI=1S/C19H30FN3O3S/c1-3-4-12-23-13-8-7-9-16(23)14-21-19(24)15(2)22-27(25,26)18-11-6-5-10-17(18)20/h5-6,10-11,15-16,22H,3-4,7-9,12-14H2,1-2H3,(H,21,24)/t15-,16?/m0/s1. The summed E-state index contributed by atoms with van der Waals surface area (Å²) < 4.78 is 40.6. The molecule has 1 fully saturated rings. The third-order valence-electron chi connectivity index (χ3n) is 4.91. The molecule has 1 heterocycles. The van der Waals surface area contributed by atoms with Crippen molar-refractivity contribution in [2.75, 3.05) is 19.6 Å². The van der Waals surface area contributed by atoms with Gasteiger partial charge in [0.25, 0.3) is 0 Å². The van der Waals surface area contributed by atoms with E-state index in [0.29, 0.717) is 6.54 Å². The van der Waals surface area contributed by atoms with E-state index in [2.05, 4.69) is 21.9 Å². The van der Waals surface area contributed by atoms with Crippen molar-refractivity contribution in [3.63, 3.8) is 0 Å². The predicted octanol–water partition coefficient (Wildman–Crippen LogP) is 2.26. The van der Waals surface area contributed by atoms with Crippen LogP contribution in [0, 0.1) is 5.82 Å². The number of amides is 1. The molecule has 2 N–H and O–H groups in total. The van der Waals surface area contributed by atoms with Crippen LogP contribution in [0.25, 0.3) is 0 Å². The Bertz CT molecular complexity index is 727. The second-order valence-corrected chi connectivity index (χ2v) is 8.74. The molecule has 0 aromatic heterocycles. The molecule has 1 aliphatic rings. The number of hydrogen-bond donors (Lipinski definition) is 2. The van der Waals surface area contributed by atoms with Crippen LogP contribution in [0.3, 0.4) is 0 Å². The first-order chi connectivity index (χ1) is 12.8. The zero-order valence-electron chi connectivity index (χ0n) is 16.1. The number of nitrogens with one attached hydrogen (secondary N) is 2. The van der Waals surface area contributed by atoms with Crippen LogP contribution < -0.4 is 10.0 Å². The Balaban J connectivity index is 1.90. The SMILES string of the molecule is CCCCN1CCCCC1CNC(=O)[C@H](C)NS(=O)(=O)c1ccccc1F. The van der Waals surface area contributed by atoms with Gasteiger partial charge in [-0.25, -0.2) is 12.8 Å². The summed E-state index contributed by atoms with van der Waals surface area (Å²) in [7, 11) is -4.10. The van der Waals surface area contributed by atoms with E-state index in [9.17, 15) is 17.6 Å². The minimum atomic E-state index is -4.10. The zero-order chi connectivity index (χ0) is 19.9. The van der Waals surface area contributed by atoms with Gasteiger partial charge in [-0.15, -0.1) is 0 Å². The Morgan fingerprint density at radius 3 is 2.78 bits per heavy atom. The average molecular weight is 400 g/mol. The van der Waals surface area contributed by atoms with Crippen LogP contribution in [0.4, 0.5) is 4.39 Å². The fourth-order valence-corrected chi connectivity index (χ4v) is 4.61. The van der Waals surface area contributed by atoms with Gasteiger partial charge in [-0.1, -0.05) is 31.9 Å². The third-order valence-corrected chi connectivity index (χ3v) is 6.49. The van der Waals surface area contributed by atoms with Gasteiger partial charge in [0, 0.05) is 12.6 Å². The Morgan fingerprint density at radius 2 is 2.07 bits per heavy atom. The summed E-state index contributed by atoms with van der Waals surface area (Å²) in [5.41, 5.74) is 0. The summed E-state index contributed by atoms with van der Waals surface area (Å²) in [4.78, 5) is 14.3. The van der Waals surface area contributed by atoms with E-state index in [4.69, 9.17) is 0 Å². The summed E-state index contributed by atoms with van der Waals surface area (Å²) in [6.07, 6.45) is 5.60. The average Bonchev–Trinajstić information content (AvgIpc) is 2.64. The molecule has 2 rings (SSSR count). The summed E-state index contributed by atoms with van der Waals surface area (Å²) in [5, 5.41) is 2.85. The Morgan fingerprint density at radius 1 is 1.33 bits per heavy atom. The van der Waals surface area contributed by atoms with Gasteiger partial charge in [-0.2, -0.15) is 4.72 Å². The van der Waals surface area contributed by atoms with Crippen molar-refractivity contribution in [1.29, 1.82) is 0 Å². The molecule has 0 bridgehead atoms. The number of carbonyl (C=O) groups excluding carboxylic acids is 1. The summed E-state index contributed by atoms with van der Waals surface area (Å²) in [6, 6.07) is 4.41. The van der Waals surface area contributed by atoms with Gasteiger partial charge in [0.2, 0.25) is 15.9 Å². The third kappa shape index (κ3) is 6.26. The molecule has 0 spiro atoms. The second kappa shape index (κ2) is 10.1. The van der Waals surface area contributed by atoms with Crippen molar-refractivity contribution in [1.82, 2.24) is 14.9 Å². The summed E-state index contributed by atoms with van der Waals surface area (Å²) in [6.45, 7) is 6.17. The lowest BCUT2D eigenvalue weighted by Gasteiger charge is -2.36. The van der Waals surface area contributed by atoms with Crippen molar-refractivity contribution >= 4 is 15.9 Å². The van der Waals surface area contributed by atoms with E-state index in [1.165, 1.54) is 31.5 Å². The lowest BCUT2D eigenvalue weighted by Crippen LogP contribution is -2.51. The highest BCUT2D eigenvalue weighted by atomic mass is 32.2. The first kappa shape index (κ1) is 21.8. The van der Waals surface area contributed by atoms with Crippen LogP contribution in [0.1, 0.15) is 46.0 Å². The summed E-state index contributed by atoms with van der Waals surface area (Å²) >= 11 is 0. The largest absolute Gasteiger partial charge is 0.353 e. The van der Waals surface area contributed by atoms with E-state index in [0.717, 1.165) is 44.8 Å². The molecule has 0 saturated carbocycles. The molecule has 1 aliphatic heterocycles. The molecule has 6 nitrogen and oxygen atoms in total. The molecule has 1 saturated heterocycles. The van der Waals surface area contributed by atoms with Gasteiger partial charge in [-0.05, 0) is 51.4 Å². The molecule has 2 atom stereocenters. The van der Waals surface area contributed by atoms with E-state index in [1.54, 1.807) is 0 Å². The zero-order valence-corrected chi connectivity index (χ0v) is 16.9. The van der Waals surface area contributed by atoms with Crippen molar-refractivity contribution in [3.05, 3.63) is 30.1 Å². The number of hydrogen-bond acceptors (Lipinski definition) is 4. The van der Waals surface area contributed by atoms with Crippen molar-refractivity contribution in [2.45, 2.75) is 62.9 Å². The first-order valence-electron chi connectivity index (χ1n) is 9.63. The van der Waals surface area contributed by atoms with Crippen LogP contribution in [0.5, 0.6) is 0 Å². The maximum absolute atomic E-state index is 13.7. The number of halogens is 1. The van der Waals surface area contributed by atoms with Crippen LogP contribution in [0.2, 0.25) is 0 Å². The van der Waals surface area contributed by atoms with Crippen LogP contribution >= 0.6 is 0 Å². The highest BCUT2D eigenvalue weighted by molar-refractivity contribution is 7.89. The van der Waals surface area contributed by atoms with Crippen LogP contribution in [0.15, 0.2) is 29.2 Å². The van der Waals surface area contributed by atoms with Gasteiger partial charge < -0.3 is 5.32 Å². The quantitative estimate of drug-likeness (QED) is 0.668. The molecule has 0 radical (unpaired) electrons. The predicted molar refractivity (Wildman–Crippen MR) is 103 cm³/mol.